The Balaban J connectivity index is 1.25. The number of carbonyl (C=O) groups is 1. The molecule has 2 aromatic heterocycles. The number of carbonyl (C=O) groups excluding carboxylic acids is 1. The lowest BCUT2D eigenvalue weighted by Crippen LogP contribution is -2.35. The minimum atomic E-state index is -0.175. The third kappa shape index (κ3) is 4.96. The minimum Gasteiger partial charge on any atom is -0.373 e. The van der Waals surface area contributed by atoms with E-state index in [2.05, 4.69) is 25.1 Å². The summed E-state index contributed by atoms with van der Waals surface area (Å²) in [7, 11) is 3.65. The average molecular weight is 435 g/mol. The maximum Gasteiger partial charge on any atom is 0.269 e. The van der Waals surface area contributed by atoms with Gasteiger partial charge in [-0.15, -0.1) is 0 Å². The maximum absolute atomic E-state index is 12.4. The van der Waals surface area contributed by atoms with Gasteiger partial charge in [0.05, 0.1) is 22.8 Å². The number of H-pyrrole nitrogens is 1. The predicted molar refractivity (Wildman–Crippen MR) is 126 cm³/mol. The molecule has 0 unspecified atom stereocenters. The molecule has 1 fully saturated rings. The van der Waals surface area contributed by atoms with E-state index >= 15 is 0 Å². The first-order chi connectivity index (χ1) is 15.5. The van der Waals surface area contributed by atoms with E-state index in [0.29, 0.717) is 17.0 Å². The highest BCUT2D eigenvalue weighted by atomic mass is 16.1. The zero-order valence-electron chi connectivity index (χ0n) is 18.7. The van der Waals surface area contributed by atoms with Crippen molar-refractivity contribution in [3.63, 3.8) is 0 Å². The summed E-state index contributed by atoms with van der Waals surface area (Å²) in [5.74, 6) is 0.947. The topological polar surface area (TPSA) is 94.2 Å². The molecule has 1 saturated heterocycles. The van der Waals surface area contributed by atoms with E-state index in [9.17, 15) is 9.59 Å². The molecule has 4 rings (SSSR count). The molecule has 1 aliphatic heterocycles. The Morgan fingerprint density at radius 1 is 1.22 bits per heavy atom. The maximum atomic E-state index is 12.4. The van der Waals surface area contributed by atoms with Crippen LogP contribution in [0.25, 0.3) is 10.9 Å². The number of likely N-dealkylation sites (tertiary alicyclic amines) is 1. The van der Waals surface area contributed by atoms with Gasteiger partial charge in [0.25, 0.3) is 11.5 Å². The van der Waals surface area contributed by atoms with Crippen molar-refractivity contribution in [2.45, 2.75) is 25.2 Å². The van der Waals surface area contributed by atoms with Crippen LogP contribution < -0.4 is 15.8 Å². The summed E-state index contributed by atoms with van der Waals surface area (Å²) in [5.41, 5.74) is 2.15. The number of nitrogens with zero attached hydrogens (tertiary/aromatic N) is 4. The van der Waals surface area contributed by atoms with Gasteiger partial charge >= 0.3 is 0 Å². The molecular formula is C24H30N6O2. The van der Waals surface area contributed by atoms with Crippen LogP contribution in [0.4, 0.5) is 5.69 Å². The standard InChI is InChI=1S/C24H30N6O2/c1-25-24(32)21-9-8-18(16-26-21)29(2)12-5-13-30-14-10-17(11-15-30)22-27-20-7-4-3-6-19(20)23(31)28-22/h3-4,6-9,16-17H,5,10-15H2,1-2H3,(H,25,32)(H,27,28,31). The Hall–Kier alpha value is -3.26. The number of piperidine rings is 1. The number of rotatable bonds is 7. The molecule has 1 aromatic carbocycles. The van der Waals surface area contributed by atoms with Gasteiger partial charge in [0.15, 0.2) is 0 Å². The van der Waals surface area contributed by atoms with Crippen molar-refractivity contribution in [2.24, 2.45) is 0 Å². The number of benzene rings is 1. The fourth-order valence-electron chi connectivity index (χ4n) is 4.26. The van der Waals surface area contributed by atoms with Crippen LogP contribution in [0.3, 0.4) is 0 Å². The van der Waals surface area contributed by atoms with Crippen LogP contribution in [0.2, 0.25) is 0 Å². The van der Waals surface area contributed by atoms with Crippen LogP contribution in [-0.2, 0) is 0 Å². The van der Waals surface area contributed by atoms with E-state index in [4.69, 9.17) is 4.98 Å². The zero-order valence-corrected chi connectivity index (χ0v) is 18.7. The SMILES string of the molecule is CNC(=O)c1ccc(N(C)CCCN2CCC(c3nc4ccccc4c(=O)[nH]3)CC2)cn1. The minimum absolute atomic E-state index is 0.0473. The number of nitrogens with one attached hydrogen (secondary N) is 2. The van der Waals surface area contributed by atoms with Crippen molar-refractivity contribution in [2.75, 3.05) is 45.2 Å². The average Bonchev–Trinajstić information content (AvgIpc) is 2.84. The quantitative estimate of drug-likeness (QED) is 0.593. The van der Waals surface area contributed by atoms with Gasteiger partial charge < -0.3 is 20.1 Å². The zero-order chi connectivity index (χ0) is 22.5. The van der Waals surface area contributed by atoms with Crippen molar-refractivity contribution < 1.29 is 4.79 Å². The smallest absolute Gasteiger partial charge is 0.269 e. The molecule has 3 heterocycles. The van der Waals surface area contributed by atoms with Crippen LogP contribution in [0, 0.1) is 0 Å². The van der Waals surface area contributed by atoms with E-state index < -0.39 is 0 Å². The highest BCUT2D eigenvalue weighted by Crippen LogP contribution is 2.26. The number of hydrogen-bond donors (Lipinski definition) is 2. The summed E-state index contributed by atoms with van der Waals surface area (Å²) < 4.78 is 0. The molecule has 32 heavy (non-hydrogen) atoms. The normalized spacial score (nSPS) is 15.1. The molecule has 8 nitrogen and oxygen atoms in total. The summed E-state index contributed by atoms with van der Waals surface area (Å²) in [6.45, 7) is 3.96. The Kier molecular flexibility index (Phi) is 6.80. The van der Waals surface area contributed by atoms with Gasteiger partial charge in [0.2, 0.25) is 0 Å². The van der Waals surface area contributed by atoms with Crippen LogP contribution in [0.15, 0.2) is 47.4 Å². The number of aromatic amines is 1. The first-order valence-corrected chi connectivity index (χ1v) is 11.2. The number of amides is 1. The first-order valence-electron chi connectivity index (χ1n) is 11.2. The highest BCUT2D eigenvalue weighted by molar-refractivity contribution is 5.92. The van der Waals surface area contributed by atoms with Gasteiger partial charge in [-0.1, -0.05) is 12.1 Å². The molecule has 1 amide bonds. The van der Waals surface area contributed by atoms with E-state index in [-0.39, 0.29) is 11.5 Å². The van der Waals surface area contributed by atoms with Gasteiger partial charge in [0.1, 0.15) is 11.5 Å². The molecule has 0 spiro atoms. The summed E-state index contributed by atoms with van der Waals surface area (Å²) >= 11 is 0. The lowest BCUT2D eigenvalue weighted by molar-refractivity contribution is 0.0958. The van der Waals surface area contributed by atoms with Crippen LogP contribution in [0.5, 0.6) is 0 Å². The molecule has 0 aliphatic carbocycles. The molecule has 168 valence electrons. The molecule has 0 radical (unpaired) electrons. The predicted octanol–water partition coefficient (Wildman–Crippen LogP) is 2.38. The molecule has 1 aliphatic rings. The van der Waals surface area contributed by atoms with Crippen molar-refractivity contribution in [1.82, 2.24) is 25.2 Å². The highest BCUT2D eigenvalue weighted by Gasteiger charge is 2.22. The monoisotopic (exact) mass is 434 g/mol. The summed E-state index contributed by atoms with van der Waals surface area (Å²) in [6.07, 6.45) is 4.79. The fraction of sp³-hybridized carbons (Fsp3) is 0.417. The first kappa shape index (κ1) is 22.0. The molecule has 8 heteroatoms. The van der Waals surface area contributed by atoms with E-state index in [1.807, 2.05) is 37.4 Å². The van der Waals surface area contributed by atoms with E-state index in [0.717, 1.165) is 62.5 Å². The third-order valence-corrected chi connectivity index (χ3v) is 6.22. The molecule has 0 saturated carbocycles. The molecule has 3 aromatic rings. The Labute approximate surface area is 187 Å². The summed E-state index contributed by atoms with van der Waals surface area (Å²) in [5, 5.41) is 3.23. The van der Waals surface area contributed by atoms with Crippen LogP contribution in [-0.4, -0.2) is 66.0 Å². The largest absolute Gasteiger partial charge is 0.373 e. The van der Waals surface area contributed by atoms with Crippen molar-refractivity contribution in [1.29, 1.82) is 0 Å². The number of para-hydroxylation sites is 1. The second-order valence-corrected chi connectivity index (χ2v) is 8.34. The van der Waals surface area contributed by atoms with Crippen molar-refractivity contribution in [3.8, 4) is 0 Å². The van der Waals surface area contributed by atoms with Crippen LogP contribution in [0.1, 0.15) is 41.5 Å². The fourth-order valence-corrected chi connectivity index (χ4v) is 4.26. The van der Waals surface area contributed by atoms with Gasteiger partial charge in [-0.2, -0.15) is 0 Å². The number of hydrogen-bond acceptors (Lipinski definition) is 6. The number of anilines is 1. The van der Waals surface area contributed by atoms with E-state index in [1.54, 1.807) is 19.3 Å². The number of aromatic nitrogens is 3. The molecule has 0 bridgehead atoms. The molecular weight excluding hydrogens is 404 g/mol. The van der Waals surface area contributed by atoms with Crippen molar-refractivity contribution >= 4 is 22.5 Å². The molecule has 0 atom stereocenters. The number of fused-ring (bicyclic) bond motifs is 1. The summed E-state index contributed by atoms with van der Waals surface area (Å²) in [4.78, 5) is 40.6. The number of pyridine rings is 1. The Bertz CT molecular complexity index is 1120. The second kappa shape index (κ2) is 9.91. The lowest BCUT2D eigenvalue weighted by Gasteiger charge is -2.32. The van der Waals surface area contributed by atoms with Crippen LogP contribution >= 0.6 is 0 Å². The van der Waals surface area contributed by atoms with Gasteiger partial charge in [-0.25, -0.2) is 9.97 Å². The van der Waals surface area contributed by atoms with Gasteiger partial charge in [0, 0.05) is 26.6 Å². The molecule has 2 N–H and O–H groups in total. The summed E-state index contributed by atoms with van der Waals surface area (Å²) in [6, 6.07) is 11.2. The van der Waals surface area contributed by atoms with E-state index in [1.165, 1.54) is 0 Å². The lowest BCUT2D eigenvalue weighted by atomic mass is 9.95. The third-order valence-electron chi connectivity index (χ3n) is 6.22. The van der Waals surface area contributed by atoms with Gasteiger partial charge in [-0.05, 0) is 63.2 Å². The Morgan fingerprint density at radius 3 is 2.72 bits per heavy atom. The van der Waals surface area contributed by atoms with Gasteiger partial charge in [-0.3, -0.25) is 9.59 Å². The second-order valence-electron chi connectivity index (χ2n) is 8.34. The Morgan fingerprint density at radius 2 is 2.00 bits per heavy atom. The van der Waals surface area contributed by atoms with Crippen molar-refractivity contribution in [3.05, 3.63) is 64.5 Å².